The molecule has 0 saturated carbocycles. The molecule has 10 heteroatoms. The average Bonchev–Trinajstić information content (AvgIpc) is 2.70. The van der Waals surface area contributed by atoms with Crippen LogP contribution in [0.15, 0.2) is 11.0 Å². The molecule has 9 nitrogen and oxygen atoms in total. The molecule has 0 spiro atoms. The highest BCUT2D eigenvalue weighted by atomic mass is 32.1. The smallest absolute Gasteiger partial charge is 0.351 e. The molecule has 112 valence electrons. The zero-order chi connectivity index (χ0) is 14.9. The SMILES string of the molecule is Nc1nc(=O)n(C2O[C@H](CO)[C@@H](O)[C@H]2O)cc1OCS. The fourth-order valence-corrected chi connectivity index (χ4v) is 2.08. The van der Waals surface area contributed by atoms with E-state index in [4.69, 9.17) is 20.3 Å². The minimum atomic E-state index is -1.39. The molecule has 2 rings (SSSR count). The van der Waals surface area contributed by atoms with Gasteiger partial charge < -0.3 is 30.5 Å². The number of hydrogen-bond donors (Lipinski definition) is 5. The largest absolute Gasteiger partial charge is 0.478 e. The van der Waals surface area contributed by atoms with Crippen molar-refractivity contribution < 1.29 is 24.8 Å². The number of ether oxygens (including phenoxy) is 2. The van der Waals surface area contributed by atoms with Crippen molar-refractivity contribution in [3.8, 4) is 5.75 Å². The Kier molecular flexibility index (Phi) is 4.50. The predicted octanol–water partition coefficient (Wildman–Crippen LogP) is -2.30. The van der Waals surface area contributed by atoms with Gasteiger partial charge in [0.25, 0.3) is 0 Å². The maximum atomic E-state index is 11.8. The van der Waals surface area contributed by atoms with Crippen molar-refractivity contribution in [2.45, 2.75) is 24.5 Å². The fraction of sp³-hybridized carbons (Fsp3) is 0.600. The van der Waals surface area contributed by atoms with Gasteiger partial charge in [-0.05, 0) is 0 Å². The number of anilines is 1. The molecular formula is C10H15N3O6S. The zero-order valence-electron chi connectivity index (χ0n) is 10.3. The Morgan fingerprint density at radius 3 is 2.75 bits per heavy atom. The van der Waals surface area contributed by atoms with Crippen LogP contribution < -0.4 is 16.2 Å². The minimum absolute atomic E-state index is 0.0139. The highest BCUT2D eigenvalue weighted by molar-refractivity contribution is 7.80. The van der Waals surface area contributed by atoms with Gasteiger partial charge in [-0.3, -0.25) is 4.57 Å². The van der Waals surface area contributed by atoms with Crippen molar-refractivity contribution in [3.63, 3.8) is 0 Å². The van der Waals surface area contributed by atoms with E-state index in [9.17, 15) is 15.0 Å². The quantitative estimate of drug-likeness (QED) is 0.309. The summed E-state index contributed by atoms with van der Waals surface area (Å²) in [4.78, 5) is 15.3. The third kappa shape index (κ3) is 2.60. The number of nitrogens with zero attached hydrogens (tertiary/aromatic N) is 2. The van der Waals surface area contributed by atoms with E-state index in [1.807, 2.05) is 0 Å². The Labute approximate surface area is 119 Å². The van der Waals surface area contributed by atoms with Gasteiger partial charge in [-0.25, -0.2) is 4.79 Å². The molecule has 0 radical (unpaired) electrons. The first-order chi connectivity index (χ1) is 9.49. The summed E-state index contributed by atoms with van der Waals surface area (Å²) < 4.78 is 11.3. The van der Waals surface area contributed by atoms with Crippen LogP contribution in [0.2, 0.25) is 0 Å². The molecule has 1 fully saturated rings. The van der Waals surface area contributed by atoms with Gasteiger partial charge >= 0.3 is 5.69 Å². The summed E-state index contributed by atoms with van der Waals surface area (Å²) in [5.74, 6) is -0.00978. The third-order valence-electron chi connectivity index (χ3n) is 2.96. The number of nitrogens with two attached hydrogens (primary N) is 1. The number of rotatable bonds is 4. The van der Waals surface area contributed by atoms with Crippen LogP contribution in [0.3, 0.4) is 0 Å². The number of nitrogen functional groups attached to an aromatic ring is 1. The van der Waals surface area contributed by atoms with Gasteiger partial charge in [0.2, 0.25) is 0 Å². The third-order valence-corrected chi connectivity index (χ3v) is 3.09. The van der Waals surface area contributed by atoms with E-state index in [0.717, 1.165) is 4.57 Å². The van der Waals surface area contributed by atoms with Crippen LogP contribution in [0.4, 0.5) is 5.82 Å². The fourth-order valence-electron chi connectivity index (χ4n) is 1.94. The first-order valence-corrected chi connectivity index (χ1v) is 6.37. The van der Waals surface area contributed by atoms with Gasteiger partial charge in [0.1, 0.15) is 24.3 Å². The molecule has 4 atom stereocenters. The standard InChI is InChI=1S/C10H15N3O6S/c11-8-4(18-3-20)1-13(10(17)12-8)9-7(16)6(15)5(2-14)19-9/h1,5-7,9,14-16,20H,2-3H2,(H2,11,12,17)/t5-,6-,7-,9?/m1/s1. The molecule has 20 heavy (non-hydrogen) atoms. The van der Waals surface area contributed by atoms with Gasteiger partial charge in [0, 0.05) is 0 Å². The number of hydrogen-bond acceptors (Lipinski definition) is 9. The molecule has 1 unspecified atom stereocenters. The molecule has 0 aromatic carbocycles. The summed E-state index contributed by atoms with van der Waals surface area (Å²) in [6.45, 7) is -0.494. The van der Waals surface area contributed by atoms with E-state index in [1.54, 1.807) is 0 Å². The van der Waals surface area contributed by atoms with E-state index < -0.39 is 36.8 Å². The summed E-state index contributed by atoms with van der Waals surface area (Å²) in [5.41, 5.74) is 4.74. The molecule has 1 aromatic heterocycles. The van der Waals surface area contributed by atoms with Crippen LogP contribution in [0.25, 0.3) is 0 Å². The maximum absolute atomic E-state index is 11.8. The van der Waals surface area contributed by atoms with E-state index in [-0.39, 0.29) is 17.5 Å². The lowest BCUT2D eigenvalue weighted by Crippen LogP contribution is -2.36. The highest BCUT2D eigenvalue weighted by Crippen LogP contribution is 2.29. The highest BCUT2D eigenvalue weighted by Gasteiger charge is 2.44. The second-order valence-electron chi connectivity index (χ2n) is 4.18. The van der Waals surface area contributed by atoms with Crippen molar-refractivity contribution in [3.05, 3.63) is 16.7 Å². The van der Waals surface area contributed by atoms with E-state index in [2.05, 4.69) is 17.6 Å². The summed E-state index contributed by atoms with van der Waals surface area (Å²) in [5, 5.41) is 28.6. The molecule has 1 saturated heterocycles. The second-order valence-corrected chi connectivity index (χ2v) is 4.44. The monoisotopic (exact) mass is 305 g/mol. The Morgan fingerprint density at radius 2 is 2.20 bits per heavy atom. The predicted molar refractivity (Wildman–Crippen MR) is 70.4 cm³/mol. The Bertz CT molecular complexity index is 538. The summed E-state index contributed by atoms with van der Waals surface area (Å²) >= 11 is 3.86. The zero-order valence-corrected chi connectivity index (χ0v) is 11.2. The van der Waals surface area contributed by atoms with Gasteiger partial charge in [0.05, 0.1) is 12.8 Å². The van der Waals surface area contributed by atoms with Gasteiger partial charge in [-0.15, -0.1) is 12.6 Å². The van der Waals surface area contributed by atoms with Gasteiger partial charge in [-0.1, -0.05) is 0 Å². The lowest BCUT2D eigenvalue weighted by Gasteiger charge is -2.18. The van der Waals surface area contributed by atoms with E-state index in [0.29, 0.717) is 0 Å². The summed E-state index contributed by atoms with van der Waals surface area (Å²) in [6.07, 6.45) is -3.68. The summed E-state index contributed by atoms with van der Waals surface area (Å²) in [6, 6.07) is 0. The number of aliphatic hydroxyl groups is 3. The molecule has 0 amide bonds. The molecule has 2 heterocycles. The first kappa shape index (κ1) is 15.1. The second kappa shape index (κ2) is 5.97. The van der Waals surface area contributed by atoms with Crippen molar-refractivity contribution in [2.75, 3.05) is 18.3 Å². The Hall–Kier alpha value is -1.33. The number of aliphatic hydroxyl groups excluding tert-OH is 3. The first-order valence-electron chi connectivity index (χ1n) is 5.74. The Morgan fingerprint density at radius 1 is 1.50 bits per heavy atom. The van der Waals surface area contributed by atoms with Crippen LogP contribution >= 0.6 is 12.6 Å². The molecule has 1 aliphatic heterocycles. The van der Waals surface area contributed by atoms with Crippen LogP contribution in [0.5, 0.6) is 5.75 Å². The Balaban J connectivity index is 2.38. The maximum Gasteiger partial charge on any atom is 0.351 e. The normalized spacial score (nSPS) is 29.6. The lowest BCUT2D eigenvalue weighted by molar-refractivity contribution is -0.0551. The molecule has 1 aliphatic rings. The average molecular weight is 305 g/mol. The minimum Gasteiger partial charge on any atom is -0.478 e. The molecule has 0 bridgehead atoms. The van der Waals surface area contributed by atoms with Crippen molar-refractivity contribution in [2.24, 2.45) is 0 Å². The van der Waals surface area contributed by atoms with Crippen LogP contribution in [-0.4, -0.2) is 55.7 Å². The molecule has 1 aromatic rings. The number of thiol groups is 1. The van der Waals surface area contributed by atoms with Gasteiger partial charge in [0.15, 0.2) is 17.8 Å². The van der Waals surface area contributed by atoms with Gasteiger partial charge in [-0.2, -0.15) is 4.98 Å². The lowest BCUT2D eigenvalue weighted by atomic mass is 10.1. The van der Waals surface area contributed by atoms with Crippen molar-refractivity contribution >= 4 is 18.4 Å². The molecule has 5 N–H and O–H groups in total. The van der Waals surface area contributed by atoms with E-state index in [1.165, 1.54) is 6.20 Å². The number of aromatic nitrogens is 2. The van der Waals surface area contributed by atoms with Crippen LogP contribution in [0.1, 0.15) is 6.23 Å². The molecular weight excluding hydrogens is 290 g/mol. The van der Waals surface area contributed by atoms with Crippen molar-refractivity contribution in [1.29, 1.82) is 0 Å². The van der Waals surface area contributed by atoms with Crippen LogP contribution in [0, 0.1) is 0 Å². The topological polar surface area (TPSA) is 140 Å². The van der Waals surface area contributed by atoms with Crippen LogP contribution in [-0.2, 0) is 4.74 Å². The summed E-state index contributed by atoms with van der Waals surface area (Å²) in [7, 11) is 0. The van der Waals surface area contributed by atoms with Crippen molar-refractivity contribution in [1.82, 2.24) is 9.55 Å². The molecule has 0 aliphatic carbocycles. The van der Waals surface area contributed by atoms with E-state index >= 15 is 0 Å².